The predicted molar refractivity (Wildman–Crippen MR) is 96.3 cm³/mol. The highest BCUT2D eigenvalue weighted by molar-refractivity contribution is 7.88. The van der Waals surface area contributed by atoms with E-state index in [0.717, 1.165) is 0 Å². The Labute approximate surface area is 149 Å². The zero-order chi connectivity index (χ0) is 18.0. The number of rotatable bonds is 4. The molecule has 1 fully saturated rings. The summed E-state index contributed by atoms with van der Waals surface area (Å²) in [7, 11) is -3.47. The molecular formula is C17H25ClN2O3S. The zero-order valence-corrected chi connectivity index (χ0v) is 16.0. The Bertz CT molecular complexity index is 698. The minimum absolute atomic E-state index is 0.0786. The first-order valence-electron chi connectivity index (χ1n) is 8.11. The van der Waals surface area contributed by atoms with Crippen LogP contribution in [0.4, 0.5) is 0 Å². The topological polar surface area (TPSA) is 66.5 Å². The fourth-order valence-corrected chi connectivity index (χ4v) is 4.62. The van der Waals surface area contributed by atoms with Crippen molar-refractivity contribution in [3.63, 3.8) is 0 Å². The molecule has 1 heterocycles. The van der Waals surface area contributed by atoms with Gasteiger partial charge in [-0.25, -0.2) is 12.7 Å². The Hall–Kier alpha value is -1.11. The number of piperidine rings is 1. The summed E-state index contributed by atoms with van der Waals surface area (Å²) in [5.74, 6) is -0.474. The number of nitrogens with one attached hydrogen (secondary N) is 1. The molecule has 1 aliphatic rings. The van der Waals surface area contributed by atoms with Gasteiger partial charge < -0.3 is 5.32 Å². The van der Waals surface area contributed by atoms with Crippen molar-refractivity contribution in [2.24, 2.45) is 5.92 Å². The first-order valence-corrected chi connectivity index (χ1v) is 10.1. The van der Waals surface area contributed by atoms with Gasteiger partial charge in [-0.05, 0) is 51.3 Å². The molecule has 1 N–H and O–H groups in total. The average Bonchev–Trinajstić information content (AvgIpc) is 2.45. The summed E-state index contributed by atoms with van der Waals surface area (Å²) in [5.41, 5.74) is 0.336. The van der Waals surface area contributed by atoms with Gasteiger partial charge in [0, 0.05) is 23.7 Å². The normalized spacial score (nSPS) is 19.9. The molecule has 134 valence electrons. The molecule has 0 aliphatic carbocycles. The molecular weight excluding hydrogens is 348 g/mol. The average molecular weight is 373 g/mol. The van der Waals surface area contributed by atoms with Gasteiger partial charge in [0.1, 0.15) is 0 Å². The molecule has 24 heavy (non-hydrogen) atoms. The molecule has 1 aliphatic heterocycles. The van der Waals surface area contributed by atoms with Crippen molar-refractivity contribution < 1.29 is 13.2 Å². The van der Waals surface area contributed by atoms with E-state index in [1.807, 2.05) is 20.8 Å². The lowest BCUT2D eigenvalue weighted by molar-refractivity contribution is -0.127. The molecule has 0 aromatic heterocycles. The molecule has 1 aromatic carbocycles. The van der Waals surface area contributed by atoms with E-state index in [2.05, 4.69) is 5.32 Å². The maximum Gasteiger partial charge on any atom is 0.224 e. The molecule has 1 atom stereocenters. The third-order valence-electron chi connectivity index (χ3n) is 3.88. The van der Waals surface area contributed by atoms with E-state index in [9.17, 15) is 13.2 Å². The van der Waals surface area contributed by atoms with E-state index in [-0.39, 0.29) is 29.7 Å². The third kappa shape index (κ3) is 5.46. The van der Waals surface area contributed by atoms with Gasteiger partial charge in [0.15, 0.2) is 0 Å². The van der Waals surface area contributed by atoms with E-state index < -0.39 is 10.0 Å². The lowest BCUT2D eigenvalue weighted by Crippen LogP contribution is -2.49. The molecule has 1 saturated heterocycles. The van der Waals surface area contributed by atoms with Crippen molar-refractivity contribution in [1.29, 1.82) is 0 Å². The van der Waals surface area contributed by atoms with Crippen molar-refractivity contribution in [1.82, 2.24) is 9.62 Å². The fraction of sp³-hybridized carbons (Fsp3) is 0.588. The smallest absolute Gasteiger partial charge is 0.224 e. The van der Waals surface area contributed by atoms with Gasteiger partial charge in [0.25, 0.3) is 0 Å². The Morgan fingerprint density at radius 1 is 1.38 bits per heavy atom. The Morgan fingerprint density at radius 3 is 2.71 bits per heavy atom. The van der Waals surface area contributed by atoms with Crippen LogP contribution in [-0.2, 0) is 20.6 Å². The quantitative estimate of drug-likeness (QED) is 0.883. The second-order valence-corrected chi connectivity index (χ2v) is 9.73. The number of benzene rings is 1. The van der Waals surface area contributed by atoms with Crippen LogP contribution in [0.2, 0.25) is 5.02 Å². The van der Waals surface area contributed by atoms with Gasteiger partial charge in [0.05, 0.1) is 11.7 Å². The maximum atomic E-state index is 12.7. The van der Waals surface area contributed by atoms with Crippen LogP contribution < -0.4 is 5.32 Å². The minimum Gasteiger partial charge on any atom is -0.351 e. The molecule has 0 spiro atoms. The number of halogens is 1. The van der Waals surface area contributed by atoms with E-state index >= 15 is 0 Å². The molecule has 0 unspecified atom stereocenters. The highest BCUT2D eigenvalue weighted by atomic mass is 35.5. The second kappa shape index (κ2) is 7.42. The van der Waals surface area contributed by atoms with E-state index in [4.69, 9.17) is 11.6 Å². The number of carbonyl (C=O) groups excluding carboxylic acids is 1. The summed E-state index contributed by atoms with van der Waals surface area (Å²) in [5, 5.41) is 3.46. The lowest BCUT2D eigenvalue weighted by Gasteiger charge is -2.33. The predicted octanol–water partition coefficient (Wildman–Crippen LogP) is 2.80. The van der Waals surface area contributed by atoms with Crippen molar-refractivity contribution in [2.45, 2.75) is 44.9 Å². The van der Waals surface area contributed by atoms with Crippen molar-refractivity contribution in [2.75, 3.05) is 13.1 Å². The SMILES string of the molecule is CC(C)(C)NC(=O)[C@H]1CCCN(S(=O)(=O)Cc2cccc(Cl)c2)C1. The van der Waals surface area contributed by atoms with Crippen LogP contribution in [0.3, 0.4) is 0 Å². The number of nitrogens with zero attached hydrogens (tertiary/aromatic N) is 1. The number of hydrogen-bond donors (Lipinski definition) is 1. The molecule has 0 saturated carbocycles. The second-order valence-electron chi connectivity index (χ2n) is 7.32. The maximum absolute atomic E-state index is 12.7. The molecule has 1 aromatic rings. The summed E-state index contributed by atoms with van der Waals surface area (Å²) >= 11 is 5.92. The van der Waals surface area contributed by atoms with Crippen molar-refractivity contribution >= 4 is 27.5 Å². The Morgan fingerprint density at radius 2 is 2.08 bits per heavy atom. The van der Waals surface area contributed by atoms with Gasteiger partial charge in [0.2, 0.25) is 15.9 Å². The van der Waals surface area contributed by atoms with E-state index in [1.54, 1.807) is 24.3 Å². The van der Waals surface area contributed by atoms with Crippen LogP contribution in [0.1, 0.15) is 39.2 Å². The molecule has 0 radical (unpaired) electrons. The molecule has 1 amide bonds. The molecule has 7 heteroatoms. The number of sulfonamides is 1. The van der Waals surface area contributed by atoms with Crippen LogP contribution in [0.15, 0.2) is 24.3 Å². The largest absolute Gasteiger partial charge is 0.351 e. The fourth-order valence-electron chi connectivity index (χ4n) is 2.81. The van der Waals surface area contributed by atoms with Gasteiger partial charge in [-0.2, -0.15) is 0 Å². The first-order chi connectivity index (χ1) is 11.1. The number of amides is 1. The number of carbonyl (C=O) groups is 1. The zero-order valence-electron chi connectivity index (χ0n) is 14.4. The minimum atomic E-state index is -3.47. The van der Waals surface area contributed by atoms with E-state index in [0.29, 0.717) is 30.0 Å². The Balaban J connectivity index is 2.06. The highest BCUT2D eigenvalue weighted by Crippen LogP contribution is 2.23. The summed E-state index contributed by atoms with van der Waals surface area (Å²) in [6.45, 7) is 6.46. The summed E-state index contributed by atoms with van der Waals surface area (Å²) < 4.78 is 26.8. The molecule has 2 rings (SSSR count). The number of hydrogen-bond acceptors (Lipinski definition) is 3. The monoisotopic (exact) mass is 372 g/mol. The summed E-state index contributed by atoms with van der Waals surface area (Å²) in [4.78, 5) is 12.3. The van der Waals surface area contributed by atoms with Gasteiger partial charge in [-0.3, -0.25) is 4.79 Å². The molecule has 5 nitrogen and oxygen atoms in total. The van der Waals surface area contributed by atoms with Crippen LogP contribution in [0, 0.1) is 5.92 Å². The van der Waals surface area contributed by atoms with Crippen LogP contribution in [0.5, 0.6) is 0 Å². The van der Waals surface area contributed by atoms with Crippen LogP contribution in [-0.4, -0.2) is 37.3 Å². The first kappa shape index (κ1) is 19.2. The van der Waals surface area contributed by atoms with E-state index in [1.165, 1.54) is 4.31 Å². The summed E-state index contributed by atoms with van der Waals surface area (Å²) in [6.07, 6.45) is 1.40. The standard InChI is InChI=1S/C17H25ClN2O3S/c1-17(2,3)19-16(21)14-7-5-9-20(11-14)24(22,23)12-13-6-4-8-15(18)10-13/h4,6,8,10,14H,5,7,9,11-12H2,1-3H3,(H,19,21)/t14-/m0/s1. The van der Waals surface area contributed by atoms with Crippen molar-refractivity contribution in [3.05, 3.63) is 34.9 Å². The van der Waals surface area contributed by atoms with Crippen LogP contribution in [0.25, 0.3) is 0 Å². The highest BCUT2D eigenvalue weighted by Gasteiger charge is 2.33. The third-order valence-corrected chi connectivity index (χ3v) is 5.94. The summed E-state index contributed by atoms with van der Waals surface area (Å²) in [6, 6.07) is 6.86. The van der Waals surface area contributed by atoms with Gasteiger partial charge in [-0.1, -0.05) is 23.7 Å². The molecule has 0 bridgehead atoms. The van der Waals surface area contributed by atoms with Gasteiger partial charge >= 0.3 is 0 Å². The van der Waals surface area contributed by atoms with Crippen LogP contribution >= 0.6 is 11.6 Å². The lowest BCUT2D eigenvalue weighted by atomic mass is 9.97. The Kier molecular flexibility index (Phi) is 5.94. The van der Waals surface area contributed by atoms with Crippen molar-refractivity contribution in [3.8, 4) is 0 Å². The van der Waals surface area contributed by atoms with Gasteiger partial charge in [-0.15, -0.1) is 0 Å².